The fraction of sp³-hybridized carbons (Fsp3) is 0.0667. The van der Waals surface area contributed by atoms with Crippen molar-refractivity contribution < 1.29 is 9.59 Å². The zero-order valence-electron chi connectivity index (χ0n) is 12.3. The van der Waals surface area contributed by atoms with Crippen molar-refractivity contribution in [3.8, 4) is 0 Å². The second kappa shape index (κ2) is 6.56. The number of hydrogen-bond acceptors (Lipinski definition) is 6. The van der Waals surface area contributed by atoms with Gasteiger partial charge in [-0.3, -0.25) is 9.59 Å². The summed E-state index contributed by atoms with van der Waals surface area (Å²) in [6.07, 6.45) is 0. The number of rotatable bonds is 6. The van der Waals surface area contributed by atoms with Crippen molar-refractivity contribution in [2.24, 2.45) is 11.5 Å². The molecule has 0 heterocycles. The topological polar surface area (TPSA) is 162 Å². The molecule has 0 saturated heterocycles. The maximum absolute atomic E-state index is 11.4. The van der Waals surface area contributed by atoms with E-state index in [1.807, 2.05) is 0 Å². The summed E-state index contributed by atoms with van der Waals surface area (Å²) in [5.74, 6) is -1.15. The molecule has 0 saturated carbocycles. The minimum atomic E-state index is -0.575. The van der Waals surface area contributed by atoms with Crippen LogP contribution >= 0.6 is 0 Å². The number of nitrogens with two attached hydrogens (primary N) is 4. The molecule has 2 aromatic carbocycles. The molecule has 120 valence electrons. The lowest BCUT2D eigenvalue weighted by Crippen LogP contribution is -2.20. The second-order valence-corrected chi connectivity index (χ2v) is 4.87. The highest BCUT2D eigenvalue weighted by molar-refractivity contribution is 6.00. The van der Waals surface area contributed by atoms with Crippen LogP contribution in [-0.4, -0.2) is 18.5 Å². The van der Waals surface area contributed by atoms with Gasteiger partial charge >= 0.3 is 0 Å². The lowest BCUT2D eigenvalue weighted by atomic mass is 10.1. The predicted molar refractivity (Wildman–Crippen MR) is 90.9 cm³/mol. The van der Waals surface area contributed by atoms with Crippen molar-refractivity contribution in [2.75, 3.05) is 28.8 Å². The van der Waals surface area contributed by atoms with Crippen LogP contribution in [0.3, 0.4) is 0 Å². The monoisotopic (exact) mass is 314 g/mol. The summed E-state index contributed by atoms with van der Waals surface area (Å²) < 4.78 is 0. The molecule has 0 aliphatic rings. The molecule has 0 fully saturated rings. The largest absolute Gasteiger partial charge is 0.399 e. The lowest BCUT2D eigenvalue weighted by Gasteiger charge is -2.14. The van der Waals surface area contributed by atoms with Gasteiger partial charge < -0.3 is 33.6 Å². The first-order valence-electron chi connectivity index (χ1n) is 6.75. The molecular weight excluding hydrogens is 296 g/mol. The SMILES string of the molecule is NC(=O)c1ccc(N)cc1NCNc1cc(N)ccc1C(N)=O. The Bertz CT molecular complexity index is 696. The summed E-state index contributed by atoms with van der Waals surface area (Å²) in [6.45, 7) is 0.202. The van der Waals surface area contributed by atoms with Crippen LogP contribution < -0.4 is 33.6 Å². The minimum absolute atomic E-state index is 0.202. The van der Waals surface area contributed by atoms with Crippen molar-refractivity contribution in [3.63, 3.8) is 0 Å². The summed E-state index contributed by atoms with van der Waals surface area (Å²) in [4.78, 5) is 22.8. The van der Waals surface area contributed by atoms with Gasteiger partial charge in [0.1, 0.15) is 0 Å². The first kappa shape index (κ1) is 16.0. The molecule has 0 aliphatic heterocycles. The summed E-state index contributed by atoms with van der Waals surface area (Å²) in [7, 11) is 0. The maximum atomic E-state index is 11.4. The number of anilines is 4. The van der Waals surface area contributed by atoms with Gasteiger partial charge in [0.15, 0.2) is 0 Å². The van der Waals surface area contributed by atoms with Crippen molar-refractivity contribution >= 4 is 34.6 Å². The molecule has 0 unspecified atom stereocenters. The number of nitrogens with one attached hydrogen (secondary N) is 2. The van der Waals surface area contributed by atoms with Gasteiger partial charge in [0.25, 0.3) is 11.8 Å². The van der Waals surface area contributed by atoms with Gasteiger partial charge in [-0.15, -0.1) is 0 Å². The number of carbonyl (C=O) groups is 2. The minimum Gasteiger partial charge on any atom is -0.399 e. The van der Waals surface area contributed by atoms with E-state index in [1.165, 1.54) is 12.1 Å². The van der Waals surface area contributed by atoms with Gasteiger partial charge in [0.05, 0.1) is 29.2 Å². The molecule has 2 rings (SSSR count). The van der Waals surface area contributed by atoms with E-state index < -0.39 is 11.8 Å². The number of hydrogen-bond donors (Lipinski definition) is 6. The number of benzene rings is 2. The van der Waals surface area contributed by atoms with E-state index in [-0.39, 0.29) is 6.67 Å². The molecule has 2 amide bonds. The average molecular weight is 314 g/mol. The Labute approximate surface area is 132 Å². The van der Waals surface area contributed by atoms with E-state index in [1.54, 1.807) is 24.3 Å². The van der Waals surface area contributed by atoms with Gasteiger partial charge in [0.2, 0.25) is 0 Å². The van der Waals surface area contributed by atoms with Crippen LogP contribution in [0.2, 0.25) is 0 Å². The predicted octanol–water partition coefficient (Wildman–Crippen LogP) is 0.530. The zero-order valence-corrected chi connectivity index (χ0v) is 12.3. The van der Waals surface area contributed by atoms with Crippen molar-refractivity contribution in [1.82, 2.24) is 0 Å². The molecule has 8 heteroatoms. The van der Waals surface area contributed by atoms with Crippen LogP contribution in [0.5, 0.6) is 0 Å². The standard InChI is InChI=1S/C15H18N6O2/c16-8-1-3-10(14(18)22)12(5-8)20-7-21-13-6-9(17)2-4-11(13)15(19)23/h1-6,20-21H,7,16-17H2,(H2,18,22)(H2,19,23). The molecule has 0 atom stereocenters. The highest BCUT2D eigenvalue weighted by Gasteiger charge is 2.10. The van der Waals surface area contributed by atoms with Gasteiger partial charge in [-0.25, -0.2) is 0 Å². The molecule has 2 aromatic rings. The molecule has 0 bridgehead atoms. The van der Waals surface area contributed by atoms with E-state index in [0.717, 1.165) is 0 Å². The molecule has 0 aliphatic carbocycles. The fourth-order valence-electron chi connectivity index (χ4n) is 2.08. The Balaban J connectivity index is 2.15. The van der Waals surface area contributed by atoms with E-state index in [4.69, 9.17) is 22.9 Å². The van der Waals surface area contributed by atoms with Crippen LogP contribution in [-0.2, 0) is 0 Å². The van der Waals surface area contributed by atoms with Crippen LogP contribution in [0.1, 0.15) is 20.7 Å². The number of primary amides is 2. The molecule has 8 nitrogen and oxygen atoms in total. The Kier molecular flexibility index (Phi) is 4.55. The molecule has 0 spiro atoms. The van der Waals surface area contributed by atoms with E-state index in [9.17, 15) is 9.59 Å². The second-order valence-electron chi connectivity index (χ2n) is 4.87. The van der Waals surface area contributed by atoms with Crippen LogP contribution in [0, 0.1) is 0 Å². The molecule has 23 heavy (non-hydrogen) atoms. The van der Waals surface area contributed by atoms with E-state index >= 15 is 0 Å². The van der Waals surface area contributed by atoms with Crippen LogP contribution in [0.25, 0.3) is 0 Å². The average Bonchev–Trinajstić information content (AvgIpc) is 2.46. The number of nitrogen functional groups attached to an aromatic ring is 2. The van der Waals surface area contributed by atoms with Gasteiger partial charge in [0, 0.05) is 11.4 Å². The zero-order chi connectivity index (χ0) is 17.0. The molecule has 0 aromatic heterocycles. The summed E-state index contributed by atoms with van der Waals surface area (Å²) >= 11 is 0. The third kappa shape index (κ3) is 3.82. The van der Waals surface area contributed by atoms with E-state index in [0.29, 0.717) is 33.9 Å². The quantitative estimate of drug-likeness (QED) is 0.336. The highest BCUT2D eigenvalue weighted by Crippen LogP contribution is 2.21. The summed E-state index contributed by atoms with van der Waals surface area (Å²) in [5.41, 5.74) is 24.6. The van der Waals surface area contributed by atoms with Crippen molar-refractivity contribution in [1.29, 1.82) is 0 Å². The Hall–Kier alpha value is -3.42. The normalized spacial score (nSPS) is 10.1. The maximum Gasteiger partial charge on any atom is 0.250 e. The third-order valence-corrected chi connectivity index (χ3v) is 3.18. The van der Waals surface area contributed by atoms with Gasteiger partial charge in [-0.2, -0.15) is 0 Å². The third-order valence-electron chi connectivity index (χ3n) is 3.18. The van der Waals surface area contributed by atoms with Gasteiger partial charge in [-0.05, 0) is 36.4 Å². The van der Waals surface area contributed by atoms with E-state index in [2.05, 4.69) is 10.6 Å². The lowest BCUT2D eigenvalue weighted by molar-refractivity contribution is 0.0992. The number of carbonyl (C=O) groups excluding carboxylic acids is 2. The fourth-order valence-corrected chi connectivity index (χ4v) is 2.08. The van der Waals surface area contributed by atoms with Gasteiger partial charge in [-0.1, -0.05) is 0 Å². The number of amides is 2. The molecular formula is C15H18N6O2. The summed E-state index contributed by atoms with van der Waals surface area (Å²) in [6, 6.07) is 9.43. The Morgan fingerprint density at radius 1 is 0.783 bits per heavy atom. The summed E-state index contributed by atoms with van der Waals surface area (Å²) in [5, 5.41) is 5.97. The van der Waals surface area contributed by atoms with Crippen molar-refractivity contribution in [3.05, 3.63) is 47.5 Å². The van der Waals surface area contributed by atoms with Crippen LogP contribution in [0.4, 0.5) is 22.7 Å². The first-order valence-corrected chi connectivity index (χ1v) is 6.75. The Morgan fingerprint density at radius 3 is 1.52 bits per heavy atom. The smallest absolute Gasteiger partial charge is 0.250 e. The Morgan fingerprint density at radius 2 is 1.17 bits per heavy atom. The highest BCUT2D eigenvalue weighted by atomic mass is 16.1. The van der Waals surface area contributed by atoms with Crippen LogP contribution in [0.15, 0.2) is 36.4 Å². The first-order chi connectivity index (χ1) is 10.9. The molecule has 10 N–H and O–H groups in total. The molecule has 0 radical (unpaired) electrons. The van der Waals surface area contributed by atoms with Crippen molar-refractivity contribution in [2.45, 2.75) is 0 Å².